The lowest BCUT2D eigenvalue weighted by molar-refractivity contribution is 0.0530. The largest absolute Gasteiger partial charge is 0.381 e. The van der Waals surface area contributed by atoms with E-state index in [1.807, 2.05) is 12.1 Å². The molecule has 2 aliphatic rings. The molecule has 0 bridgehead atoms. The summed E-state index contributed by atoms with van der Waals surface area (Å²) in [6, 6.07) is 17.3. The monoisotopic (exact) mass is 396 g/mol. The molecular formula is C23H29FN4O. The van der Waals surface area contributed by atoms with E-state index in [-0.39, 0.29) is 11.2 Å². The van der Waals surface area contributed by atoms with Gasteiger partial charge in [-0.15, -0.1) is 0 Å². The van der Waals surface area contributed by atoms with Crippen LogP contribution in [0.1, 0.15) is 18.4 Å². The van der Waals surface area contributed by atoms with Crippen molar-refractivity contribution in [3.63, 3.8) is 0 Å². The highest BCUT2D eigenvalue weighted by Gasteiger charge is 2.34. The molecule has 2 aromatic carbocycles. The van der Waals surface area contributed by atoms with E-state index in [9.17, 15) is 4.39 Å². The molecule has 2 heterocycles. The summed E-state index contributed by atoms with van der Waals surface area (Å²) in [4.78, 5) is 9.23. The first kappa shape index (κ1) is 19.7. The lowest BCUT2D eigenvalue weighted by Crippen LogP contribution is -2.51. The van der Waals surface area contributed by atoms with Crippen molar-refractivity contribution in [2.75, 3.05) is 50.8 Å². The minimum absolute atomic E-state index is 0.0000632. The molecule has 0 aliphatic carbocycles. The molecule has 4 rings (SSSR count). The quantitative estimate of drug-likeness (QED) is 0.638. The number of benzene rings is 2. The van der Waals surface area contributed by atoms with Crippen LogP contribution in [0.25, 0.3) is 0 Å². The molecule has 0 spiro atoms. The molecular weight excluding hydrogens is 367 g/mol. The molecule has 0 amide bonds. The highest BCUT2D eigenvalue weighted by molar-refractivity contribution is 5.78. The van der Waals surface area contributed by atoms with Gasteiger partial charge in [0.05, 0.1) is 6.54 Å². The highest BCUT2D eigenvalue weighted by atomic mass is 19.1. The summed E-state index contributed by atoms with van der Waals surface area (Å²) < 4.78 is 18.8. The zero-order valence-electron chi connectivity index (χ0n) is 16.8. The van der Waals surface area contributed by atoms with Crippen LogP contribution in [0.2, 0.25) is 0 Å². The number of ether oxygens (including phenoxy) is 1. The van der Waals surface area contributed by atoms with Crippen LogP contribution in [0.4, 0.5) is 10.1 Å². The van der Waals surface area contributed by atoms with Gasteiger partial charge in [-0.1, -0.05) is 30.3 Å². The molecule has 5 nitrogen and oxygen atoms in total. The van der Waals surface area contributed by atoms with Crippen molar-refractivity contribution in [2.24, 2.45) is 10.7 Å². The molecule has 0 saturated carbocycles. The van der Waals surface area contributed by atoms with Crippen LogP contribution in [-0.4, -0.2) is 56.8 Å². The summed E-state index contributed by atoms with van der Waals surface area (Å²) in [6.45, 7) is 5.53. The molecule has 154 valence electrons. The third-order valence-corrected chi connectivity index (χ3v) is 6.18. The first-order valence-electron chi connectivity index (χ1n) is 10.3. The Labute approximate surface area is 172 Å². The number of nitrogens with two attached hydrogens (primary N) is 1. The first-order valence-corrected chi connectivity index (χ1v) is 10.3. The third kappa shape index (κ3) is 4.53. The van der Waals surface area contributed by atoms with Gasteiger partial charge in [-0.3, -0.25) is 4.99 Å². The molecule has 29 heavy (non-hydrogen) atoms. The maximum absolute atomic E-state index is 13.1. The summed E-state index contributed by atoms with van der Waals surface area (Å²) in [7, 11) is 0. The van der Waals surface area contributed by atoms with Crippen molar-refractivity contribution >= 4 is 11.6 Å². The SMILES string of the molecule is NC(=NCC1(c2ccccc2)CCOCC1)N1CCN(c2ccc(F)cc2)CC1. The van der Waals surface area contributed by atoms with Gasteiger partial charge in [-0.05, 0) is 42.7 Å². The van der Waals surface area contributed by atoms with Gasteiger partial charge in [0.25, 0.3) is 0 Å². The molecule has 2 saturated heterocycles. The van der Waals surface area contributed by atoms with Gasteiger partial charge in [0.1, 0.15) is 5.82 Å². The average Bonchev–Trinajstić information content (AvgIpc) is 2.79. The minimum Gasteiger partial charge on any atom is -0.381 e. The van der Waals surface area contributed by atoms with Gasteiger partial charge < -0.3 is 20.3 Å². The molecule has 0 atom stereocenters. The second kappa shape index (κ2) is 8.82. The normalized spacial score (nSPS) is 20.0. The van der Waals surface area contributed by atoms with Gasteiger partial charge in [-0.2, -0.15) is 0 Å². The van der Waals surface area contributed by atoms with E-state index in [0.717, 1.165) is 57.9 Å². The molecule has 2 aliphatic heterocycles. The summed E-state index contributed by atoms with van der Waals surface area (Å²) >= 11 is 0. The Morgan fingerprint density at radius 1 is 0.966 bits per heavy atom. The predicted octanol–water partition coefficient (Wildman–Crippen LogP) is 3.01. The fraction of sp³-hybridized carbons (Fsp3) is 0.435. The number of guanidine groups is 1. The van der Waals surface area contributed by atoms with Gasteiger partial charge in [0.15, 0.2) is 5.96 Å². The Morgan fingerprint density at radius 2 is 1.62 bits per heavy atom. The van der Waals surface area contributed by atoms with Gasteiger partial charge in [0, 0.05) is 50.5 Å². The van der Waals surface area contributed by atoms with Gasteiger partial charge in [-0.25, -0.2) is 4.39 Å². The van der Waals surface area contributed by atoms with E-state index in [1.165, 1.54) is 17.7 Å². The highest BCUT2D eigenvalue weighted by Crippen LogP contribution is 2.35. The Balaban J connectivity index is 1.40. The number of hydrogen-bond acceptors (Lipinski definition) is 3. The fourth-order valence-corrected chi connectivity index (χ4v) is 4.27. The Morgan fingerprint density at radius 3 is 2.28 bits per heavy atom. The van der Waals surface area contributed by atoms with Crippen LogP contribution in [0.3, 0.4) is 0 Å². The number of nitrogens with zero attached hydrogens (tertiary/aromatic N) is 3. The first-order chi connectivity index (χ1) is 14.2. The molecule has 2 aromatic rings. The Kier molecular flexibility index (Phi) is 6.00. The summed E-state index contributed by atoms with van der Waals surface area (Å²) in [5, 5.41) is 0. The molecule has 6 heteroatoms. The van der Waals surface area contributed by atoms with E-state index in [4.69, 9.17) is 15.5 Å². The third-order valence-electron chi connectivity index (χ3n) is 6.18. The Hall–Kier alpha value is -2.60. The maximum Gasteiger partial charge on any atom is 0.191 e. The van der Waals surface area contributed by atoms with E-state index >= 15 is 0 Å². The van der Waals surface area contributed by atoms with Crippen molar-refractivity contribution in [3.8, 4) is 0 Å². The van der Waals surface area contributed by atoms with Crippen LogP contribution in [-0.2, 0) is 10.2 Å². The molecule has 2 fully saturated rings. The van der Waals surface area contributed by atoms with E-state index in [2.05, 4.69) is 40.1 Å². The number of anilines is 1. The molecule has 0 unspecified atom stereocenters. The smallest absolute Gasteiger partial charge is 0.191 e. The molecule has 0 radical (unpaired) electrons. The van der Waals surface area contributed by atoms with E-state index < -0.39 is 0 Å². The zero-order valence-corrected chi connectivity index (χ0v) is 16.8. The van der Waals surface area contributed by atoms with Gasteiger partial charge >= 0.3 is 0 Å². The number of halogens is 1. The number of rotatable bonds is 4. The number of aliphatic imine (C=N–C) groups is 1. The minimum atomic E-state index is -0.204. The van der Waals surface area contributed by atoms with Crippen molar-refractivity contribution in [1.82, 2.24) is 4.90 Å². The van der Waals surface area contributed by atoms with Crippen molar-refractivity contribution in [1.29, 1.82) is 0 Å². The number of piperazine rings is 1. The van der Waals surface area contributed by atoms with Crippen LogP contribution in [0, 0.1) is 5.82 Å². The lowest BCUT2D eigenvalue weighted by Gasteiger charge is -2.38. The lowest BCUT2D eigenvalue weighted by atomic mass is 9.74. The second-order valence-electron chi connectivity index (χ2n) is 7.88. The predicted molar refractivity (Wildman–Crippen MR) is 115 cm³/mol. The average molecular weight is 397 g/mol. The summed E-state index contributed by atoms with van der Waals surface area (Å²) in [5.74, 6) is 0.412. The van der Waals surface area contributed by atoms with Crippen LogP contribution in [0.15, 0.2) is 59.6 Å². The topological polar surface area (TPSA) is 54.1 Å². The molecule has 0 aromatic heterocycles. The fourth-order valence-electron chi connectivity index (χ4n) is 4.27. The molecule has 2 N–H and O–H groups in total. The van der Waals surface area contributed by atoms with Crippen LogP contribution < -0.4 is 10.6 Å². The second-order valence-corrected chi connectivity index (χ2v) is 7.88. The van der Waals surface area contributed by atoms with Gasteiger partial charge in [0.2, 0.25) is 0 Å². The summed E-state index contributed by atoms with van der Waals surface area (Å²) in [6.07, 6.45) is 1.93. The van der Waals surface area contributed by atoms with Crippen molar-refractivity contribution < 1.29 is 9.13 Å². The zero-order chi connectivity index (χ0) is 20.1. The summed E-state index contributed by atoms with van der Waals surface area (Å²) in [5.41, 5.74) is 8.75. The van der Waals surface area contributed by atoms with E-state index in [1.54, 1.807) is 0 Å². The van der Waals surface area contributed by atoms with Crippen molar-refractivity contribution in [2.45, 2.75) is 18.3 Å². The Bertz CT molecular complexity index is 811. The maximum atomic E-state index is 13.1. The van der Waals surface area contributed by atoms with Crippen LogP contribution >= 0.6 is 0 Å². The van der Waals surface area contributed by atoms with E-state index in [0.29, 0.717) is 12.5 Å². The standard InChI is InChI=1S/C23H29FN4O/c24-20-6-8-21(9-7-20)27-12-14-28(15-13-27)22(25)26-18-23(10-16-29-17-11-23)19-4-2-1-3-5-19/h1-9H,10-18H2,(H2,25,26). The van der Waals surface area contributed by atoms with Crippen molar-refractivity contribution in [3.05, 3.63) is 66.0 Å². The number of hydrogen-bond donors (Lipinski definition) is 1. The van der Waals surface area contributed by atoms with Crippen LogP contribution in [0.5, 0.6) is 0 Å².